The van der Waals surface area contributed by atoms with Gasteiger partial charge in [-0.05, 0) is 30.7 Å². The summed E-state index contributed by atoms with van der Waals surface area (Å²) in [6.45, 7) is 1.49. The van der Waals surface area contributed by atoms with E-state index in [4.69, 9.17) is 0 Å². The summed E-state index contributed by atoms with van der Waals surface area (Å²) in [5.74, 6) is -0.127. The maximum atomic E-state index is 12.3. The molecule has 0 atom stereocenters. The highest BCUT2D eigenvalue weighted by Crippen LogP contribution is 2.23. The van der Waals surface area contributed by atoms with Crippen molar-refractivity contribution in [1.29, 1.82) is 0 Å². The first-order valence-corrected chi connectivity index (χ1v) is 10.1. The number of sulfonamides is 1. The number of hydrogen-bond donors (Lipinski definition) is 1. The van der Waals surface area contributed by atoms with Crippen LogP contribution in [0.25, 0.3) is 0 Å². The summed E-state index contributed by atoms with van der Waals surface area (Å²) in [5.41, 5.74) is 0.302. The lowest BCUT2D eigenvalue weighted by atomic mass is 10.1. The topological polar surface area (TPSA) is 79.4 Å². The number of nitrogens with zero attached hydrogens (tertiary/aromatic N) is 2. The number of amides is 1. The molecule has 1 N–H and O–H groups in total. The van der Waals surface area contributed by atoms with E-state index in [0.717, 1.165) is 55.0 Å². The average Bonchev–Trinajstić information content (AvgIpc) is 3.18. The van der Waals surface area contributed by atoms with Crippen molar-refractivity contribution in [1.82, 2.24) is 9.88 Å². The van der Waals surface area contributed by atoms with E-state index >= 15 is 0 Å². The molecular formula is C13H15N3O3S3. The summed E-state index contributed by atoms with van der Waals surface area (Å²) >= 11 is 2.26. The monoisotopic (exact) mass is 357 g/mol. The molecule has 0 spiro atoms. The van der Waals surface area contributed by atoms with Crippen LogP contribution in [-0.4, -0.2) is 37.3 Å². The minimum absolute atomic E-state index is 0.127. The number of anilines is 1. The van der Waals surface area contributed by atoms with Gasteiger partial charge in [0.2, 0.25) is 0 Å². The highest BCUT2D eigenvalue weighted by Gasteiger charge is 2.22. The van der Waals surface area contributed by atoms with E-state index in [1.54, 1.807) is 21.7 Å². The van der Waals surface area contributed by atoms with Crippen molar-refractivity contribution in [2.24, 2.45) is 0 Å². The van der Waals surface area contributed by atoms with Crippen LogP contribution in [0.3, 0.4) is 0 Å². The Labute approximate surface area is 136 Å². The van der Waals surface area contributed by atoms with Crippen molar-refractivity contribution < 1.29 is 13.2 Å². The predicted molar refractivity (Wildman–Crippen MR) is 87.0 cm³/mol. The van der Waals surface area contributed by atoms with Gasteiger partial charge in [-0.25, -0.2) is 13.4 Å². The van der Waals surface area contributed by atoms with Crippen LogP contribution >= 0.6 is 22.7 Å². The van der Waals surface area contributed by atoms with E-state index in [0.29, 0.717) is 5.69 Å². The van der Waals surface area contributed by atoms with Gasteiger partial charge in [-0.15, -0.1) is 22.7 Å². The van der Waals surface area contributed by atoms with Gasteiger partial charge in [0.05, 0.1) is 0 Å². The van der Waals surface area contributed by atoms with Crippen LogP contribution < -0.4 is 4.72 Å². The number of nitrogens with one attached hydrogen (secondary N) is 1. The third-order valence-corrected chi connectivity index (χ3v) is 6.97. The van der Waals surface area contributed by atoms with E-state index in [2.05, 4.69) is 9.71 Å². The number of hydrogen-bond acceptors (Lipinski definition) is 6. The summed E-state index contributed by atoms with van der Waals surface area (Å²) < 4.78 is 26.9. The summed E-state index contributed by atoms with van der Waals surface area (Å²) in [6, 6.07) is 3.20. The molecule has 1 aliphatic heterocycles. The van der Waals surface area contributed by atoms with E-state index in [1.807, 2.05) is 0 Å². The Kier molecular flexibility index (Phi) is 4.46. The quantitative estimate of drug-likeness (QED) is 0.912. The molecule has 0 bridgehead atoms. The molecule has 0 aromatic carbocycles. The van der Waals surface area contributed by atoms with Crippen molar-refractivity contribution in [3.63, 3.8) is 0 Å². The zero-order chi connectivity index (χ0) is 15.6. The smallest absolute Gasteiger partial charge is 0.273 e. The number of rotatable bonds is 4. The van der Waals surface area contributed by atoms with Gasteiger partial charge in [0.25, 0.3) is 15.9 Å². The van der Waals surface area contributed by atoms with Crippen molar-refractivity contribution in [2.45, 2.75) is 23.5 Å². The Balaban J connectivity index is 1.72. The number of carbonyl (C=O) groups is 1. The third-order valence-electron chi connectivity index (χ3n) is 3.35. The molecule has 0 saturated carbocycles. The lowest BCUT2D eigenvalue weighted by Crippen LogP contribution is -2.35. The van der Waals surface area contributed by atoms with Crippen molar-refractivity contribution in [3.05, 3.63) is 28.6 Å². The van der Waals surface area contributed by atoms with Crippen LogP contribution in [-0.2, 0) is 10.0 Å². The summed E-state index contributed by atoms with van der Waals surface area (Å²) in [7, 11) is -3.62. The summed E-state index contributed by atoms with van der Waals surface area (Å²) in [6.07, 6.45) is 3.16. The minimum atomic E-state index is -3.62. The van der Waals surface area contributed by atoms with Crippen molar-refractivity contribution in [3.8, 4) is 0 Å². The number of aromatic nitrogens is 1. The summed E-state index contributed by atoms with van der Waals surface area (Å²) in [4.78, 5) is 18.2. The molecule has 0 aliphatic carbocycles. The van der Waals surface area contributed by atoms with Crippen LogP contribution in [0.4, 0.5) is 5.13 Å². The van der Waals surface area contributed by atoms with Crippen LogP contribution in [0.15, 0.2) is 27.1 Å². The van der Waals surface area contributed by atoms with Gasteiger partial charge >= 0.3 is 0 Å². The predicted octanol–water partition coefficient (Wildman–Crippen LogP) is 2.63. The van der Waals surface area contributed by atoms with Gasteiger partial charge in [0.15, 0.2) is 5.13 Å². The van der Waals surface area contributed by atoms with Gasteiger partial charge in [-0.3, -0.25) is 9.52 Å². The van der Waals surface area contributed by atoms with Gasteiger partial charge in [0.1, 0.15) is 9.90 Å². The zero-order valence-electron chi connectivity index (χ0n) is 11.7. The fourth-order valence-electron chi connectivity index (χ4n) is 2.26. The molecule has 6 nitrogen and oxygen atoms in total. The first-order chi connectivity index (χ1) is 10.6. The average molecular weight is 357 g/mol. The first-order valence-electron chi connectivity index (χ1n) is 6.87. The molecule has 22 heavy (non-hydrogen) atoms. The van der Waals surface area contributed by atoms with Crippen LogP contribution in [0.1, 0.15) is 29.8 Å². The molecule has 3 rings (SSSR count). The molecule has 2 aromatic heterocycles. The molecule has 9 heteroatoms. The molecule has 2 aromatic rings. The zero-order valence-corrected chi connectivity index (χ0v) is 14.1. The van der Waals surface area contributed by atoms with E-state index in [-0.39, 0.29) is 15.2 Å². The molecule has 1 saturated heterocycles. The maximum absolute atomic E-state index is 12.3. The second-order valence-corrected chi connectivity index (χ2v) is 8.64. The number of thiophene rings is 1. The Bertz CT molecular complexity index is 747. The highest BCUT2D eigenvalue weighted by atomic mass is 32.2. The molecule has 1 aliphatic rings. The van der Waals surface area contributed by atoms with Crippen LogP contribution in [0, 0.1) is 0 Å². The molecule has 1 fully saturated rings. The SMILES string of the molecule is O=C(c1csc(NS(=O)(=O)c2cccs2)n1)N1CCCCC1. The fourth-order valence-corrected chi connectivity index (χ4v) is 5.19. The molecule has 0 radical (unpaired) electrons. The second kappa shape index (κ2) is 6.35. The first kappa shape index (κ1) is 15.4. The van der Waals surface area contributed by atoms with E-state index in [9.17, 15) is 13.2 Å². The lowest BCUT2D eigenvalue weighted by Gasteiger charge is -2.25. The standard InChI is InChI=1S/C13H15N3O3S3/c17-12(16-6-2-1-3-7-16)10-9-21-13(14-10)15-22(18,19)11-5-4-8-20-11/h4-5,8-9H,1-3,6-7H2,(H,14,15). The Hall–Kier alpha value is -1.45. The highest BCUT2D eigenvalue weighted by molar-refractivity contribution is 7.94. The largest absolute Gasteiger partial charge is 0.337 e. The molecule has 1 amide bonds. The number of carbonyl (C=O) groups excluding carboxylic acids is 1. The number of piperidine rings is 1. The van der Waals surface area contributed by atoms with E-state index in [1.165, 1.54) is 6.07 Å². The Morgan fingerprint density at radius 3 is 2.68 bits per heavy atom. The van der Waals surface area contributed by atoms with Gasteiger partial charge in [-0.1, -0.05) is 6.07 Å². The minimum Gasteiger partial charge on any atom is -0.337 e. The number of likely N-dealkylation sites (tertiary alicyclic amines) is 1. The van der Waals surface area contributed by atoms with Gasteiger partial charge in [-0.2, -0.15) is 0 Å². The van der Waals surface area contributed by atoms with E-state index < -0.39 is 10.0 Å². The normalized spacial score (nSPS) is 15.7. The Morgan fingerprint density at radius 2 is 2.00 bits per heavy atom. The van der Waals surface area contributed by atoms with Gasteiger partial charge < -0.3 is 4.90 Å². The van der Waals surface area contributed by atoms with Crippen LogP contribution in [0.5, 0.6) is 0 Å². The maximum Gasteiger partial charge on any atom is 0.273 e. The molecular weight excluding hydrogens is 342 g/mol. The molecule has 118 valence electrons. The van der Waals surface area contributed by atoms with Crippen molar-refractivity contribution in [2.75, 3.05) is 17.8 Å². The molecule has 0 unspecified atom stereocenters. The second-order valence-electron chi connectivity index (χ2n) is 4.93. The Morgan fingerprint density at radius 1 is 1.23 bits per heavy atom. The molecule has 3 heterocycles. The fraction of sp³-hybridized carbons (Fsp3) is 0.385. The van der Waals surface area contributed by atoms with Crippen LogP contribution in [0.2, 0.25) is 0 Å². The summed E-state index contributed by atoms with van der Waals surface area (Å²) in [5, 5.41) is 3.51. The van der Waals surface area contributed by atoms with Crippen molar-refractivity contribution >= 4 is 43.7 Å². The number of thiazole rings is 1. The lowest BCUT2D eigenvalue weighted by molar-refractivity contribution is 0.0719. The van der Waals surface area contributed by atoms with Gasteiger partial charge in [0, 0.05) is 18.5 Å². The third kappa shape index (κ3) is 3.31.